The predicted molar refractivity (Wildman–Crippen MR) is 120 cm³/mol. The Hall–Kier alpha value is -1.72. The first-order valence-electron chi connectivity index (χ1n) is 10.1. The molecule has 0 bridgehead atoms. The van der Waals surface area contributed by atoms with Crippen molar-refractivity contribution in [3.05, 3.63) is 52.0 Å². The Morgan fingerprint density at radius 2 is 1.64 bits per heavy atom. The van der Waals surface area contributed by atoms with Gasteiger partial charge in [0.2, 0.25) is 0 Å². The maximum atomic E-state index is 5.51. The molecule has 2 aromatic rings. The molecule has 0 saturated carbocycles. The van der Waals surface area contributed by atoms with E-state index in [1.54, 1.807) is 14.2 Å². The number of nitrogens with zero attached hydrogens (tertiary/aromatic N) is 2. The quantitative estimate of drug-likeness (QED) is 0.575. The lowest BCUT2D eigenvalue weighted by atomic mass is 9.98. The SMILES string of the molecule is CCc1cc(C(CC)N2CCN(c3ccc(Br)c(OC)c3)CC2)ccc1OC. The fourth-order valence-electron chi connectivity index (χ4n) is 4.12. The van der Waals surface area contributed by atoms with Crippen LogP contribution >= 0.6 is 15.9 Å². The van der Waals surface area contributed by atoms with Crippen LogP contribution in [0.4, 0.5) is 5.69 Å². The number of hydrogen-bond acceptors (Lipinski definition) is 4. The molecule has 1 saturated heterocycles. The number of halogens is 1. The van der Waals surface area contributed by atoms with E-state index in [1.807, 2.05) is 0 Å². The number of piperazine rings is 1. The summed E-state index contributed by atoms with van der Waals surface area (Å²) in [6, 6.07) is 13.5. The number of methoxy groups -OCH3 is 2. The molecule has 0 N–H and O–H groups in total. The highest BCUT2D eigenvalue weighted by Crippen LogP contribution is 2.33. The van der Waals surface area contributed by atoms with E-state index in [0.717, 1.165) is 55.0 Å². The number of hydrogen-bond donors (Lipinski definition) is 0. The van der Waals surface area contributed by atoms with E-state index in [9.17, 15) is 0 Å². The third-order valence-corrected chi connectivity index (χ3v) is 6.37. The van der Waals surface area contributed by atoms with Gasteiger partial charge < -0.3 is 14.4 Å². The van der Waals surface area contributed by atoms with Gasteiger partial charge in [0.1, 0.15) is 11.5 Å². The Labute approximate surface area is 177 Å². The average molecular weight is 447 g/mol. The molecule has 0 amide bonds. The van der Waals surface area contributed by atoms with Crippen molar-refractivity contribution in [1.29, 1.82) is 0 Å². The van der Waals surface area contributed by atoms with E-state index >= 15 is 0 Å². The van der Waals surface area contributed by atoms with E-state index in [0.29, 0.717) is 6.04 Å². The van der Waals surface area contributed by atoms with Crippen molar-refractivity contribution in [1.82, 2.24) is 4.90 Å². The smallest absolute Gasteiger partial charge is 0.135 e. The van der Waals surface area contributed by atoms with Crippen LogP contribution in [0.1, 0.15) is 37.4 Å². The van der Waals surface area contributed by atoms with Crippen LogP contribution in [-0.4, -0.2) is 45.3 Å². The molecule has 0 radical (unpaired) electrons. The fraction of sp³-hybridized carbons (Fsp3) is 0.478. The standard InChI is InChI=1S/C23H31BrN2O2/c1-5-17-15-18(7-10-22(17)27-3)21(6-2)26-13-11-25(12-14-26)19-8-9-20(24)23(16-19)28-4/h7-10,15-16,21H,5-6,11-14H2,1-4H3. The molecule has 1 aliphatic heterocycles. The molecule has 1 unspecified atom stereocenters. The molecule has 152 valence electrons. The van der Waals surface area contributed by atoms with E-state index in [1.165, 1.54) is 16.8 Å². The van der Waals surface area contributed by atoms with Gasteiger partial charge in [0.25, 0.3) is 0 Å². The Kier molecular flexibility index (Phi) is 7.24. The van der Waals surface area contributed by atoms with Crippen LogP contribution in [0.2, 0.25) is 0 Å². The molecule has 1 fully saturated rings. The zero-order valence-electron chi connectivity index (χ0n) is 17.4. The van der Waals surface area contributed by atoms with Gasteiger partial charge in [-0.2, -0.15) is 0 Å². The minimum Gasteiger partial charge on any atom is -0.496 e. The number of aryl methyl sites for hydroxylation is 1. The van der Waals surface area contributed by atoms with E-state index < -0.39 is 0 Å². The lowest BCUT2D eigenvalue weighted by Crippen LogP contribution is -2.47. The summed E-state index contributed by atoms with van der Waals surface area (Å²) in [5, 5.41) is 0. The average Bonchev–Trinajstić information content (AvgIpc) is 2.75. The zero-order valence-corrected chi connectivity index (χ0v) is 19.0. The third kappa shape index (κ3) is 4.47. The first-order chi connectivity index (χ1) is 13.6. The van der Waals surface area contributed by atoms with Crippen LogP contribution < -0.4 is 14.4 Å². The van der Waals surface area contributed by atoms with Gasteiger partial charge in [0.05, 0.1) is 18.7 Å². The van der Waals surface area contributed by atoms with Gasteiger partial charge in [-0.15, -0.1) is 0 Å². The van der Waals surface area contributed by atoms with Crippen molar-refractivity contribution in [3.63, 3.8) is 0 Å². The van der Waals surface area contributed by atoms with Gasteiger partial charge >= 0.3 is 0 Å². The molecule has 2 aromatic carbocycles. The zero-order chi connectivity index (χ0) is 20.1. The molecule has 0 spiro atoms. The van der Waals surface area contributed by atoms with Gasteiger partial charge in [-0.25, -0.2) is 0 Å². The number of anilines is 1. The van der Waals surface area contributed by atoms with Crippen LogP contribution in [0, 0.1) is 0 Å². The monoisotopic (exact) mass is 446 g/mol. The van der Waals surface area contributed by atoms with Crippen LogP contribution in [0.15, 0.2) is 40.9 Å². The van der Waals surface area contributed by atoms with Gasteiger partial charge in [0, 0.05) is 44.0 Å². The van der Waals surface area contributed by atoms with E-state index in [-0.39, 0.29) is 0 Å². The van der Waals surface area contributed by atoms with Crippen LogP contribution in [0.3, 0.4) is 0 Å². The normalized spacial score (nSPS) is 16.1. The van der Waals surface area contributed by atoms with Crippen molar-refractivity contribution in [3.8, 4) is 11.5 Å². The lowest BCUT2D eigenvalue weighted by Gasteiger charge is -2.40. The van der Waals surface area contributed by atoms with Crippen LogP contribution in [0.25, 0.3) is 0 Å². The maximum absolute atomic E-state index is 5.51. The first-order valence-corrected chi connectivity index (χ1v) is 10.9. The molecular formula is C23H31BrN2O2. The van der Waals surface area contributed by atoms with Gasteiger partial charge in [0.15, 0.2) is 0 Å². The molecule has 4 nitrogen and oxygen atoms in total. The van der Waals surface area contributed by atoms with Crippen molar-refractivity contribution in [2.75, 3.05) is 45.3 Å². The van der Waals surface area contributed by atoms with Crippen LogP contribution in [-0.2, 0) is 6.42 Å². The van der Waals surface area contributed by atoms with E-state index in [2.05, 4.69) is 76.0 Å². The molecule has 28 heavy (non-hydrogen) atoms. The van der Waals surface area contributed by atoms with Crippen LogP contribution in [0.5, 0.6) is 11.5 Å². The molecule has 1 atom stereocenters. The minimum atomic E-state index is 0.456. The molecule has 0 aromatic heterocycles. The molecule has 5 heteroatoms. The summed E-state index contributed by atoms with van der Waals surface area (Å²) in [5.74, 6) is 1.88. The Morgan fingerprint density at radius 3 is 2.25 bits per heavy atom. The second kappa shape index (κ2) is 9.66. The van der Waals surface area contributed by atoms with Crippen molar-refractivity contribution in [2.24, 2.45) is 0 Å². The summed E-state index contributed by atoms with van der Waals surface area (Å²) >= 11 is 3.54. The van der Waals surface area contributed by atoms with Gasteiger partial charge in [-0.3, -0.25) is 4.90 Å². The minimum absolute atomic E-state index is 0.456. The number of ether oxygens (including phenoxy) is 2. The molecule has 3 rings (SSSR count). The van der Waals surface area contributed by atoms with Crippen molar-refractivity contribution in [2.45, 2.75) is 32.7 Å². The summed E-state index contributed by atoms with van der Waals surface area (Å²) < 4.78 is 12.0. The predicted octanol–water partition coefficient (Wildman–Crippen LogP) is 5.30. The molecular weight excluding hydrogens is 416 g/mol. The fourth-order valence-corrected chi connectivity index (χ4v) is 4.53. The summed E-state index contributed by atoms with van der Waals surface area (Å²) in [7, 11) is 3.47. The Balaban J connectivity index is 1.71. The van der Waals surface area contributed by atoms with Gasteiger partial charge in [-0.1, -0.05) is 26.0 Å². The van der Waals surface area contributed by atoms with Crippen molar-refractivity contribution < 1.29 is 9.47 Å². The second-order valence-corrected chi connectivity index (χ2v) is 8.05. The van der Waals surface area contributed by atoms with Crippen molar-refractivity contribution >= 4 is 21.6 Å². The maximum Gasteiger partial charge on any atom is 0.135 e. The first kappa shape index (κ1) is 21.0. The van der Waals surface area contributed by atoms with Gasteiger partial charge in [-0.05, 0) is 58.1 Å². The highest BCUT2D eigenvalue weighted by Gasteiger charge is 2.25. The topological polar surface area (TPSA) is 24.9 Å². The largest absolute Gasteiger partial charge is 0.496 e. The highest BCUT2D eigenvalue weighted by atomic mass is 79.9. The number of rotatable bonds is 7. The highest BCUT2D eigenvalue weighted by molar-refractivity contribution is 9.10. The summed E-state index contributed by atoms with van der Waals surface area (Å²) in [4.78, 5) is 5.07. The Morgan fingerprint density at radius 1 is 0.929 bits per heavy atom. The number of benzene rings is 2. The second-order valence-electron chi connectivity index (χ2n) is 7.19. The summed E-state index contributed by atoms with van der Waals surface area (Å²) in [6.45, 7) is 8.64. The summed E-state index contributed by atoms with van der Waals surface area (Å²) in [6.07, 6.45) is 2.11. The summed E-state index contributed by atoms with van der Waals surface area (Å²) in [5.41, 5.74) is 3.92. The third-order valence-electron chi connectivity index (χ3n) is 5.71. The molecule has 1 aliphatic rings. The van der Waals surface area contributed by atoms with E-state index in [4.69, 9.17) is 9.47 Å². The molecule has 1 heterocycles. The lowest BCUT2D eigenvalue weighted by molar-refractivity contribution is 0.181. The Bertz CT molecular complexity index is 788. The molecule has 0 aliphatic carbocycles.